The van der Waals surface area contributed by atoms with Gasteiger partial charge in [-0.05, 0) is 85.0 Å². The maximum absolute atomic E-state index is 12.7. The van der Waals surface area contributed by atoms with Gasteiger partial charge >= 0.3 is 12.1 Å². The smallest absolute Gasteiger partial charge is 0.410 e. The summed E-state index contributed by atoms with van der Waals surface area (Å²) in [5.41, 5.74) is 5.03. The van der Waals surface area contributed by atoms with E-state index in [2.05, 4.69) is 20.9 Å². The van der Waals surface area contributed by atoms with Crippen LogP contribution < -0.4 is 20.7 Å². The van der Waals surface area contributed by atoms with E-state index < -0.39 is 11.8 Å². The van der Waals surface area contributed by atoms with Crippen LogP contribution in [0.3, 0.4) is 0 Å². The molecule has 0 bridgehead atoms. The molecule has 0 spiro atoms. The molecular weight excluding hydrogens is 714 g/mol. The van der Waals surface area contributed by atoms with E-state index in [1.165, 1.54) is 6.20 Å². The fourth-order valence-corrected chi connectivity index (χ4v) is 6.42. The van der Waals surface area contributed by atoms with E-state index in [0.29, 0.717) is 68.7 Å². The van der Waals surface area contributed by atoms with Crippen LogP contribution in [-0.4, -0.2) is 66.6 Å². The summed E-state index contributed by atoms with van der Waals surface area (Å²) in [4.78, 5) is 43.4. The predicted molar refractivity (Wildman–Crippen MR) is 213 cm³/mol. The minimum atomic E-state index is -0.640. The fourth-order valence-electron chi connectivity index (χ4n) is 6.42. The molecule has 6 rings (SSSR count). The van der Waals surface area contributed by atoms with Crippen molar-refractivity contribution in [1.29, 1.82) is 0 Å². The van der Waals surface area contributed by atoms with Crippen LogP contribution in [0.4, 0.5) is 26.7 Å². The Balaban J connectivity index is 0.772. The number of urea groups is 1. The van der Waals surface area contributed by atoms with Gasteiger partial charge in [0.2, 0.25) is 5.79 Å². The number of hydrogen-bond acceptors (Lipinski definition) is 9. The molecule has 296 valence electrons. The second-order valence-electron chi connectivity index (χ2n) is 14.3. The van der Waals surface area contributed by atoms with Gasteiger partial charge in [0, 0.05) is 75.2 Å². The highest BCUT2D eigenvalue weighted by molar-refractivity contribution is 6.05. The number of anilines is 3. The van der Waals surface area contributed by atoms with Crippen LogP contribution in [-0.2, 0) is 32.2 Å². The van der Waals surface area contributed by atoms with Crippen LogP contribution in [0.25, 0.3) is 0 Å². The SMILES string of the molecule is CC1(C)OCc2cc([C@@H]3CN(CCCCCCCOCCCOCc4cccc(NC(=O)Nc5cccc(NC(=O)c6cccnc6)c5)c4)C(=O)O3)ccc2O1. The number of carbonyl (C=O) groups excluding carboxylic acids is 3. The molecule has 4 aromatic rings. The van der Waals surface area contributed by atoms with Crippen molar-refractivity contribution in [2.45, 2.75) is 77.5 Å². The van der Waals surface area contributed by atoms with Crippen molar-refractivity contribution in [2.75, 3.05) is 48.9 Å². The number of nitrogens with zero attached hydrogens (tertiary/aromatic N) is 2. The van der Waals surface area contributed by atoms with Crippen molar-refractivity contribution in [1.82, 2.24) is 9.88 Å². The lowest BCUT2D eigenvalue weighted by Crippen LogP contribution is -2.35. The molecule has 2 aliphatic heterocycles. The Kier molecular flexibility index (Phi) is 14.3. The van der Waals surface area contributed by atoms with Gasteiger partial charge in [-0.3, -0.25) is 9.78 Å². The number of pyridine rings is 1. The van der Waals surface area contributed by atoms with E-state index in [4.69, 9.17) is 23.7 Å². The third-order valence-corrected chi connectivity index (χ3v) is 9.32. The minimum absolute atomic E-state index is 0.254. The predicted octanol–water partition coefficient (Wildman–Crippen LogP) is 8.69. The third-order valence-electron chi connectivity index (χ3n) is 9.32. The number of benzene rings is 3. The number of hydrogen-bond donors (Lipinski definition) is 3. The fraction of sp³-hybridized carbons (Fsp3) is 0.395. The summed E-state index contributed by atoms with van der Waals surface area (Å²) < 4.78 is 29.0. The lowest BCUT2D eigenvalue weighted by Gasteiger charge is -2.32. The van der Waals surface area contributed by atoms with Crippen molar-refractivity contribution in [3.63, 3.8) is 0 Å². The quantitative estimate of drug-likeness (QED) is 0.0797. The van der Waals surface area contributed by atoms with E-state index in [9.17, 15) is 14.4 Å². The van der Waals surface area contributed by atoms with Crippen LogP contribution in [0.1, 0.15) is 85.5 Å². The standard InChI is InChI=1S/C43H51N5O8/c1-43(2)54-30-34-25-32(17-18-38(34)56-43)39-28-48(42(51)55-39)20-6-4-3-5-7-21-52-22-11-23-53-29-31-12-8-14-35(24-31)46-41(50)47-37-16-9-15-36(26-37)45-40(49)33-13-10-19-44-27-33/h8-10,12-19,24-27,39H,3-7,11,20-23,28-30H2,1-2H3,(H,45,49)(H2,46,47,50)/t39-/m0/s1. The minimum Gasteiger partial charge on any atom is -0.463 e. The molecule has 13 nitrogen and oxygen atoms in total. The van der Waals surface area contributed by atoms with Crippen molar-refractivity contribution in [3.8, 4) is 5.75 Å². The summed E-state index contributed by atoms with van der Waals surface area (Å²) in [7, 11) is 0. The van der Waals surface area contributed by atoms with Crippen LogP contribution in [0, 0.1) is 0 Å². The zero-order chi connectivity index (χ0) is 39.2. The largest absolute Gasteiger partial charge is 0.463 e. The molecule has 0 unspecified atom stereocenters. The summed E-state index contributed by atoms with van der Waals surface area (Å²) in [6, 6.07) is 23.3. The second kappa shape index (κ2) is 19.9. The average molecular weight is 766 g/mol. The van der Waals surface area contributed by atoms with Gasteiger partial charge in [0.25, 0.3) is 5.91 Å². The number of unbranched alkanes of at least 4 members (excludes halogenated alkanes) is 4. The molecular formula is C43H51N5O8. The number of fused-ring (bicyclic) bond motifs is 1. The van der Waals surface area contributed by atoms with E-state index in [0.717, 1.165) is 61.0 Å². The maximum Gasteiger partial charge on any atom is 0.410 e. The van der Waals surface area contributed by atoms with Gasteiger partial charge in [0.1, 0.15) is 11.9 Å². The monoisotopic (exact) mass is 765 g/mol. The Morgan fingerprint density at radius 1 is 0.821 bits per heavy atom. The molecule has 56 heavy (non-hydrogen) atoms. The molecule has 2 aliphatic rings. The number of nitrogens with one attached hydrogen (secondary N) is 3. The number of cyclic esters (lactones) is 1. The zero-order valence-electron chi connectivity index (χ0n) is 32.1. The molecule has 1 atom stereocenters. The van der Waals surface area contributed by atoms with Gasteiger partial charge in [0.15, 0.2) is 0 Å². The summed E-state index contributed by atoms with van der Waals surface area (Å²) in [5, 5.41) is 8.46. The normalized spacial score (nSPS) is 15.7. The molecule has 0 radical (unpaired) electrons. The first-order valence-corrected chi connectivity index (χ1v) is 19.3. The second-order valence-corrected chi connectivity index (χ2v) is 14.3. The number of amides is 4. The Bertz CT molecular complexity index is 1920. The van der Waals surface area contributed by atoms with Crippen molar-refractivity contribution in [3.05, 3.63) is 114 Å². The van der Waals surface area contributed by atoms with Gasteiger partial charge in [-0.15, -0.1) is 0 Å². The van der Waals surface area contributed by atoms with Crippen LogP contribution in [0.15, 0.2) is 91.3 Å². The van der Waals surface area contributed by atoms with E-state index in [1.54, 1.807) is 47.5 Å². The third kappa shape index (κ3) is 12.3. The molecule has 3 heterocycles. The van der Waals surface area contributed by atoms with Gasteiger partial charge in [-0.25, -0.2) is 9.59 Å². The molecule has 1 saturated heterocycles. The van der Waals surface area contributed by atoms with Crippen LogP contribution in [0.2, 0.25) is 0 Å². The van der Waals surface area contributed by atoms with E-state index in [-0.39, 0.29) is 18.1 Å². The number of rotatable bonds is 19. The highest BCUT2D eigenvalue weighted by atomic mass is 16.7. The molecule has 13 heteroatoms. The Labute approximate surface area is 328 Å². The highest BCUT2D eigenvalue weighted by Crippen LogP contribution is 2.35. The molecule has 3 N–H and O–H groups in total. The Morgan fingerprint density at radius 3 is 2.38 bits per heavy atom. The van der Waals surface area contributed by atoms with Crippen molar-refractivity contribution < 1.29 is 38.1 Å². The molecule has 3 aromatic carbocycles. The molecule has 0 aliphatic carbocycles. The molecule has 0 saturated carbocycles. The van der Waals surface area contributed by atoms with E-state index >= 15 is 0 Å². The average Bonchev–Trinajstić information content (AvgIpc) is 3.56. The van der Waals surface area contributed by atoms with Gasteiger partial charge in [0.05, 0.1) is 25.3 Å². The molecule has 1 fully saturated rings. The van der Waals surface area contributed by atoms with Crippen molar-refractivity contribution >= 4 is 35.1 Å². The number of aromatic nitrogens is 1. The van der Waals surface area contributed by atoms with Crippen molar-refractivity contribution in [2.24, 2.45) is 0 Å². The van der Waals surface area contributed by atoms with Gasteiger partial charge in [-0.1, -0.05) is 43.5 Å². The first-order valence-electron chi connectivity index (χ1n) is 19.3. The highest BCUT2D eigenvalue weighted by Gasteiger charge is 2.33. The number of ether oxygens (including phenoxy) is 5. The summed E-state index contributed by atoms with van der Waals surface area (Å²) in [5.74, 6) is -0.115. The zero-order valence-corrected chi connectivity index (χ0v) is 32.1. The van der Waals surface area contributed by atoms with Crippen LogP contribution in [0.5, 0.6) is 5.75 Å². The first-order chi connectivity index (χ1) is 27.2. The summed E-state index contributed by atoms with van der Waals surface area (Å²) in [6.45, 7) is 7.85. The lowest BCUT2D eigenvalue weighted by atomic mass is 10.0. The maximum atomic E-state index is 12.7. The van der Waals surface area contributed by atoms with Crippen LogP contribution >= 0.6 is 0 Å². The molecule has 1 aromatic heterocycles. The Morgan fingerprint density at radius 2 is 1.55 bits per heavy atom. The summed E-state index contributed by atoms with van der Waals surface area (Å²) >= 11 is 0. The van der Waals surface area contributed by atoms with Gasteiger partial charge < -0.3 is 44.5 Å². The molecule has 4 amide bonds. The Hall–Kier alpha value is -5.50. The lowest BCUT2D eigenvalue weighted by molar-refractivity contribution is -0.180. The number of carbonyl (C=O) groups is 3. The van der Waals surface area contributed by atoms with E-state index in [1.807, 2.05) is 56.3 Å². The van der Waals surface area contributed by atoms with Gasteiger partial charge in [-0.2, -0.15) is 0 Å². The summed E-state index contributed by atoms with van der Waals surface area (Å²) in [6.07, 6.45) is 8.52. The first kappa shape index (κ1) is 40.2. The topological polar surface area (TPSA) is 150 Å².